The Kier molecular flexibility index (Phi) is 8.35. The first kappa shape index (κ1) is 26.9. The number of benzene rings is 1. The highest BCUT2D eigenvalue weighted by molar-refractivity contribution is 7.10. The molecule has 0 radical (unpaired) electrons. The minimum absolute atomic E-state index is 0.0472. The van der Waals surface area contributed by atoms with Crippen molar-refractivity contribution in [2.45, 2.75) is 50.6 Å². The first-order valence-electron chi connectivity index (χ1n) is 12.2. The summed E-state index contributed by atoms with van der Waals surface area (Å²) in [5.74, 6) is -1.00. The molecule has 8 nitrogen and oxygen atoms in total. The summed E-state index contributed by atoms with van der Waals surface area (Å²) >= 11 is 1.33. The molecule has 1 aromatic carbocycles. The van der Waals surface area contributed by atoms with Crippen LogP contribution in [0.3, 0.4) is 0 Å². The molecule has 3 heterocycles. The van der Waals surface area contributed by atoms with E-state index in [0.29, 0.717) is 31.6 Å². The lowest BCUT2D eigenvalue weighted by Crippen LogP contribution is -2.38. The monoisotopic (exact) mass is 538 g/mol. The fourth-order valence-electron chi connectivity index (χ4n) is 4.66. The maximum absolute atomic E-state index is 13.3. The molecule has 2 aliphatic heterocycles. The SMILES string of the molecule is COC(=O)CCC(=O)N1CCC(c2nc(C(=O)Nc3cc(C(F)(F)F)ccc3N3CCCC3)cs2)CC1. The number of carbonyl (C=O) groups excluding carboxylic acids is 3. The van der Waals surface area contributed by atoms with Crippen molar-refractivity contribution >= 4 is 40.5 Å². The Balaban J connectivity index is 1.40. The van der Waals surface area contributed by atoms with Crippen LogP contribution in [-0.4, -0.2) is 61.0 Å². The van der Waals surface area contributed by atoms with Crippen LogP contribution < -0.4 is 10.2 Å². The van der Waals surface area contributed by atoms with E-state index >= 15 is 0 Å². The Bertz CT molecular complexity index is 1140. The number of thiazole rings is 1. The topological polar surface area (TPSA) is 91.8 Å². The van der Waals surface area contributed by atoms with Gasteiger partial charge in [-0.25, -0.2) is 4.98 Å². The number of aromatic nitrogens is 1. The van der Waals surface area contributed by atoms with Crippen molar-refractivity contribution in [3.63, 3.8) is 0 Å². The van der Waals surface area contributed by atoms with Crippen LogP contribution in [0.5, 0.6) is 0 Å². The third-order valence-corrected chi connectivity index (χ3v) is 7.75. The largest absolute Gasteiger partial charge is 0.469 e. The molecule has 2 fully saturated rings. The molecule has 12 heteroatoms. The molecule has 0 saturated carbocycles. The standard InChI is InChI=1S/C25H29F3N4O4S/c1-36-22(34)7-6-21(33)32-12-8-16(9-13-32)24-30-19(15-37-24)23(35)29-18-14-17(25(26,27)28)4-5-20(18)31-10-2-3-11-31/h4-5,14-16H,2-3,6-13H2,1H3,(H,29,35). The summed E-state index contributed by atoms with van der Waals surface area (Å²) in [4.78, 5) is 44.7. The van der Waals surface area contributed by atoms with Crippen molar-refractivity contribution in [3.05, 3.63) is 39.8 Å². The molecule has 4 rings (SSSR count). The van der Waals surface area contributed by atoms with Gasteiger partial charge in [0, 0.05) is 43.9 Å². The average molecular weight is 539 g/mol. The summed E-state index contributed by atoms with van der Waals surface area (Å²) in [7, 11) is 1.28. The van der Waals surface area contributed by atoms with E-state index in [0.717, 1.165) is 43.1 Å². The lowest BCUT2D eigenvalue weighted by atomic mass is 9.97. The number of nitrogens with one attached hydrogen (secondary N) is 1. The van der Waals surface area contributed by atoms with Gasteiger partial charge in [-0.3, -0.25) is 14.4 Å². The van der Waals surface area contributed by atoms with Gasteiger partial charge in [-0.15, -0.1) is 11.3 Å². The van der Waals surface area contributed by atoms with Crippen LogP contribution in [0, 0.1) is 0 Å². The zero-order valence-corrected chi connectivity index (χ0v) is 21.3. The van der Waals surface area contributed by atoms with Gasteiger partial charge >= 0.3 is 12.1 Å². The van der Waals surface area contributed by atoms with Gasteiger partial charge in [0.25, 0.3) is 5.91 Å². The predicted molar refractivity (Wildman–Crippen MR) is 133 cm³/mol. The second kappa shape index (κ2) is 11.5. The summed E-state index contributed by atoms with van der Waals surface area (Å²) in [5.41, 5.74) is 0.0209. The molecule has 0 spiro atoms. The minimum Gasteiger partial charge on any atom is -0.469 e. The van der Waals surface area contributed by atoms with Gasteiger partial charge in [-0.1, -0.05) is 0 Å². The molecule has 2 aromatic rings. The van der Waals surface area contributed by atoms with Crippen LogP contribution in [-0.2, 0) is 20.5 Å². The van der Waals surface area contributed by atoms with Gasteiger partial charge in [-0.2, -0.15) is 13.2 Å². The second-order valence-electron chi connectivity index (χ2n) is 9.18. The van der Waals surface area contributed by atoms with Crippen LogP contribution in [0.1, 0.15) is 65.5 Å². The lowest BCUT2D eigenvalue weighted by Gasteiger charge is -2.31. The lowest BCUT2D eigenvalue weighted by molar-refractivity contribution is -0.143. The first-order chi connectivity index (χ1) is 17.7. The molecule has 2 saturated heterocycles. The number of amides is 2. The Hall–Kier alpha value is -3.15. The Morgan fingerprint density at radius 2 is 1.81 bits per heavy atom. The van der Waals surface area contributed by atoms with Crippen molar-refractivity contribution in [1.29, 1.82) is 0 Å². The van der Waals surface area contributed by atoms with Gasteiger partial charge in [0.05, 0.1) is 35.5 Å². The molecule has 0 atom stereocenters. The first-order valence-corrected chi connectivity index (χ1v) is 13.1. The van der Waals surface area contributed by atoms with E-state index in [2.05, 4.69) is 15.0 Å². The fraction of sp³-hybridized carbons (Fsp3) is 0.520. The summed E-state index contributed by atoms with van der Waals surface area (Å²) < 4.78 is 44.6. The Morgan fingerprint density at radius 3 is 2.46 bits per heavy atom. The van der Waals surface area contributed by atoms with Gasteiger partial charge in [0.1, 0.15) is 5.69 Å². The number of anilines is 2. The number of esters is 1. The smallest absolute Gasteiger partial charge is 0.416 e. The van der Waals surface area contributed by atoms with Crippen LogP contribution in [0.4, 0.5) is 24.5 Å². The highest BCUT2D eigenvalue weighted by Gasteiger charge is 2.32. The summed E-state index contributed by atoms with van der Waals surface area (Å²) in [6.45, 7) is 2.49. The van der Waals surface area contributed by atoms with E-state index in [1.807, 2.05) is 4.90 Å². The number of likely N-dealkylation sites (tertiary alicyclic amines) is 1. The van der Waals surface area contributed by atoms with Crippen LogP contribution >= 0.6 is 11.3 Å². The van der Waals surface area contributed by atoms with E-state index < -0.39 is 23.6 Å². The number of methoxy groups -OCH3 is 1. The van der Waals surface area contributed by atoms with Crippen molar-refractivity contribution in [2.75, 3.05) is 43.5 Å². The van der Waals surface area contributed by atoms with Crippen molar-refractivity contribution in [2.24, 2.45) is 0 Å². The molecule has 0 unspecified atom stereocenters. The quantitative estimate of drug-likeness (QED) is 0.515. The maximum Gasteiger partial charge on any atom is 0.416 e. The molecule has 2 amide bonds. The molecule has 200 valence electrons. The second-order valence-corrected chi connectivity index (χ2v) is 10.1. The Labute approximate surface area is 216 Å². The number of nitrogens with zero attached hydrogens (tertiary/aromatic N) is 3. The van der Waals surface area contributed by atoms with Gasteiger partial charge in [0.2, 0.25) is 5.91 Å². The van der Waals surface area contributed by atoms with Crippen molar-refractivity contribution < 1.29 is 32.3 Å². The molecule has 0 aliphatic carbocycles. The number of alkyl halides is 3. The number of carbonyl (C=O) groups is 3. The maximum atomic E-state index is 13.3. The molecule has 2 aliphatic rings. The molecular weight excluding hydrogens is 509 g/mol. The van der Waals surface area contributed by atoms with Crippen LogP contribution in [0.25, 0.3) is 0 Å². The fourth-order valence-corrected chi connectivity index (χ4v) is 5.63. The number of ether oxygens (including phenoxy) is 1. The highest BCUT2D eigenvalue weighted by Crippen LogP contribution is 2.37. The number of halogens is 3. The highest BCUT2D eigenvalue weighted by atomic mass is 32.1. The predicted octanol–water partition coefficient (Wildman–Crippen LogP) is 4.67. The minimum atomic E-state index is -4.52. The van der Waals surface area contributed by atoms with Crippen LogP contribution in [0.2, 0.25) is 0 Å². The molecular formula is C25H29F3N4O4S. The molecule has 0 bridgehead atoms. The zero-order chi connectivity index (χ0) is 26.6. The van der Waals surface area contributed by atoms with Gasteiger partial charge < -0.3 is 19.9 Å². The number of hydrogen-bond donors (Lipinski definition) is 1. The zero-order valence-electron chi connectivity index (χ0n) is 20.5. The van der Waals surface area contributed by atoms with Gasteiger partial charge in [0.15, 0.2) is 0 Å². The third-order valence-electron chi connectivity index (χ3n) is 6.74. The normalized spacial score (nSPS) is 16.6. The summed E-state index contributed by atoms with van der Waals surface area (Å²) in [6.07, 6.45) is -1.14. The van der Waals surface area contributed by atoms with E-state index in [1.165, 1.54) is 24.5 Å². The number of rotatable bonds is 7. The van der Waals surface area contributed by atoms with E-state index in [9.17, 15) is 27.6 Å². The summed E-state index contributed by atoms with van der Waals surface area (Å²) in [5, 5.41) is 5.03. The Morgan fingerprint density at radius 1 is 1.11 bits per heavy atom. The van der Waals surface area contributed by atoms with E-state index in [1.54, 1.807) is 10.3 Å². The van der Waals surface area contributed by atoms with Crippen molar-refractivity contribution in [1.82, 2.24) is 9.88 Å². The number of hydrogen-bond acceptors (Lipinski definition) is 7. The van der Waals surface area contributed by atoms with E-state index in [-0.39, 0.29) is 36.0 Å². The summed E-state index contributed by atoms with van der Waals surface area (Å²) in [6, 6.07) is 3.43. The molecule has 1 aromatic heterocycles. The van der Waals surface area contributed by atoms with Crippen molar-refractivity contribution in [3.8, 4) is 0 Å². The molecule has 37 heavy (non-hydrogen) atoms. The van der Waals surface area contributed by atoms with E-state index in [4.69, 9.17) is 0 Å². The third kappa shape index (κ3) is 6.60. The van der Waals surface area contributed by atoms with Crippen LogP contribution in [0.15, 0.2) is 23.6 Å². The molecule has 1 N–H and O–H groups in total. The average Bonchev–Trinajstić information content (AvgIpc) is 3.59. The number of piperidine rings is 1. The van der Waals surface area contributed by atoms with Gasteiger partial charge in [-0.05, 0) is 43.9 Å².